The topological polar surface area (TPSA) is 64.3 Å². The monoisotopic (exact) mass is 341 g/mol. The lowest BCUT2D eigenvalue weighted by molar-refractivity contribution is 0.105. The second-order valence-corrected chi connectivity index (χ2v) is 7.30. The maximum atomic E-state index is 12.2. The number of aromatic nitrogens is 2. The molecule has 4 rings (SSSR count). The number of hydrogen-bond donors (Lipinski definition) is 2. The summed E-state index contributed by atoms with van der Waals surface area (Å²) in [6.07, 6.45) is 2.62. The Morgan fingerprint density at radius 1 is 1.04 bits per heavy atom. The molecule has 2 saturated heterocycles. The van der Waals surface area contributed by atoms with E-state index in [2.05, 4.69) is 25.1 Å². The van der Waals surface area contributed by atoms with Crippen LogP contribution >= 0.6 is 0 Å². The highest BCUT2D eigenvalue weighted by Gasteiger charge is 2.21. The van der Waals surface area contributed by atoms with E-state index in [-0.39, 0.29) is 5.56 Å². The molecule has 2 fully saturated rings. The van der Waals surface area contributed by atoms with E-state index in [1.54, 1.807) is 0 Å². The van der Waals surface area contributed by atoms with Gasteiger partial charge in [0.15, 0.2) is 0 Å². The molecule has 1 aromatic carbocycles. The highest BCUT2D eigenvalue weighted by atomic mass is 16.1. The van der Waals surface area contributed by atoms with Crippen molar-refractivity contribution < 1.29 is 0 Å². The van der Waals surface area contributed by atoms with Crippen LogP contribution in [0.3, 0.4) is 0 Å². The lowest BCUT2D eigenvalue weighted by atomic mass is 9.97. The van der Waals surface area contributed by atoms with Crippen LogP contribution < -0.4 is 10.9 Å². The number of fused-ring (bicyclic) bond motifs is 1. The number of benzene rings is 1. The Labute approximate surface area is 148 Å². The van der Waals surface area contributed by atoms with E-state index >= 15 is 0 Å². The molecule has 0 amide bonds. The number of nitrogens with one attached hydrogen (secondary N) is 2. The fraction of sp³-hybridized carbons (Fsp3) is 0.579. The average molecular weight is 341 g/mol. The number of hydrogen-bond acceptors (Lipinski definition) is 5. The second-order valence-electron chi connectivity index (χ2n) is 7.30. The first-order chi connectivity index (χ1) is 12.3. The summed E-state index contributed by atoms with van der Waals surface area (Å²) in [5.74, 6) is 1.63. The van der Waals surface area contributed by atoms with Gasteiger partial charge in [0.1, 0.15) is 5.82 Å². The zero-order valence-corrected chi connectivity index (χ0v) is 14.7. The van der Waals surface area contributed by atoms with Crippen LogP contribution in [0.4, 0.5) is 0 Å². The molecular weight excluding hydrogens is 314 g/mol. The van der Waals surface area contributed by atoms with Gasteiger partial charge in [-0.1, -0.05) is 12.1 Å². The first-order valence-corrected chi connectivity index (χ1v) is 9.41. The van der Waals surface area contributed by atoms with Gasteiger partial charge in [-0.2, -0.15) is 0 Å². The molecule has 2 N–H and O–H groups in total. The second kappa shape index (κ2) is 7.64. The maximum absolute atomic E-state index is 12.2. The van der Waals surface area contributed by atoms with Crippen LogP contribution in [0.5, 0.6) is 0 Å². The van der Waals surface area contributed by atoms with Gasteiger partial charge in [0.25, 0.3) is 5.56 Å². The fourth-order valence-electron chi connectivity index (χ4n) is 3.98. The number of aromatic amines is 1. The normalized spacial score (nSPS) is 21.0. The molecule has 0 unspecified atom stereocenters. The molecule has 6 nitrogen and oxygen atoms in total. The third-order valence-corrected chi connectivity index (χ3v) is 5.48. The summed E-state index contributed by atoms with van der Waals surface area (Å²) < 4.78 is 0. The van der Waals surface area contributed by atoms with Crippen molar-refractivity contribution in [1.82, 2.24) is 25.1 Å². The van der Waals surface area contributed by atoms with E-state index in [9.17, 15) is 4.79 Å². The van der Waals surface area contributed by atoms with E-state index in [0.29, 0.717) is 5.39 Å². The van der Waals surface area contributed by atoms with E-state index in [0.717, 1.165) is 50.0 Å². The summed E-state index contributed by atoms with van der Waals surface area (Å²) in [5.41, 5.74) is 0.746. The highest BCUT2D eigenvalue weighted by molar-refractivity contribution is 5.77. The van der Waals surface area contributed by atoms with Gasteiger partial charge in [0, 0.05) is 32.7 Å². The first kappa shape index (κ1) is 16.7. The fourth-order valence-corrected chi connectivity index (χ4v) is 3.98. The van der Waals surface area contributed by atoms with Gasteiger partial charge in [-0.05, 0) is 44.0 Å². The van der Waals surface area contributed by atoms with Gasteiger partial charge >= 0.3 is 0 Å². The number of rotatable bonds is 4. The lowest BCUT2D eigenvalue weighted by Crippen LogP contribution is -2.48. The van der Waals surface area contributed by atoms with Crippen molar-refractivity contribution >= 4 is 10.9 Å². The molecule has 0 bridgehead atoms. The van der Waals surface area contributed by atoms with Crippen LogP contribution in [-0.4, -0.2) is 65.6 Å². The molecule has 0 atom stereocenters. The van der Waals surface area contributed by atoms with E-state index in [1.807, 2.05) is 24.3 Å². The van der Waals surface area contributed by atoms with Crippen LogP contribution in [0.25, 0.3) is 10.9 Å². The molecule has 2 aromatic rings. The minimum atomic E-state index is -0.0369. The Kier molecular flexibility index (Phi) is 5.10. The van der Waals surface area contributed by atoms with Gasteiger partial charge in [-0.15, -0.1) is 0 Å². The van der Waals surface area contributed by atoms with Crippen LogP contribution in [0.2, 0.25) is 0 Å². The standard InChI is InChI=1S/C19H27N5O/c25-19-16-3-1-2-4-17(16)21-18(22-19)14-24-11-9-23(10-12-24)13-15-5-7-20-8-6-15/h1-4,15,20H,5-14H2,(H,21,22,25). The smallest absolute Gasteiger partial charge is 0.258 e. The third-order valence-electron chi connectivity index (χ3n) is 5.48. The molecule has 0 radical (unpaired) electrons. The van der Waals surface area contributed by atoms with Crippen LogP contribution in [-0.2, 0) is 6.54 Å². The summed E-state index contributed by atoms with van der Waals surface area (Å²) in [6, 6.07) is 7.54. The van der Waals surface area contributed by atoms with E-state index in [1.165, 1.54) is 32.5 Å². The maximum Gasteiger partial charge on any atom is 0.258 e. The van der Waals surface area contributed by atoms with Crippen molar-refractivity contribution in [3.8, 4) is 0 Å². The van der Waals surface area contributed by atoms with Crippen molar-refractivity contribution in [2.75, 3.05) is 45.8 Å². The SMILES string of the molecule is O=c1[nH]c(CN2CCN(CC3CCNCC3)CC2)nc2ccccc12. The van der Waals surface area contributed by atoms with E-state index in [4.69, 9.17) is 0 Å². The Bertz CT molecular complexity index is 760. The molecule has 2 aliphatic rings. The van der Waals surface area contributed by atoms with Crippen molar-refractivity contribution in [2.45, 2.75) is 19.4 Å². The number of para-hydroxylation sites is 1. The van der Waals surface area contributed by atoms with Gasteiger partial charge in [-0.3, -0.25) is 9.69 Å². The quantitative estimate of drug-likeness (QED) is 0.870. The highest BCUT2D eigenvalue weighted by Crippen LogP contribution is 2.15. The Hall–Kier alpha value is -1.76. The zero-order chi connectivity index (χ0) is 17.1. The third kappa shape index (κ3) is 4.08. The van der Waals surface area contributed by atoms with Gasteiger partial charge in [-0.25, -0.2) is 4.98 Å². The first-order valence-electron chi connectivity index (χ1n) is 9.41. The van der Waals surface area contributed by atoms with Crippen molar-refractivity contribution in [2.24, 2.45) is 5.92 Å². The summed E-state index contributed by atoms with van der Waals surface area (Å²) in [7, 11) is 0. The minimum Gasteiger partial charge on any atom is -0.317 e. The van der Waals surface area contributed by atoms with Gasteiger partial charge < -0.3 is 15.2 Å². The Morgan fingerprint density at radius 3 is 2.56 bits per heavy atom. The molecule has 0 spiro atoms. The largest absolute Gasteiger partial charge is 0.317 e. The summed E-state index contributed by atoms with van der Waals surface area (Å²) >= 11 is 0. The molecule has 25 heavy (non-hydrogen) atoms. The molecule has 1 aromatic heterocycles. The molecule has 134 valence electrons. The average Bonchev–Trinajstić information content (AvgIpc) is 2.64. The van der Waals surface area contributed by atoms with Gasteiger partial charge in [0.05, 0.1) is 17.4 Å². The van der Waals surface area contributed by atoms with Crippen LogP contribution in [0.15, 0.2) is 29.1 Å². The molecule has 6 heteroatoms. The predicted molar refractivity (Wildman–Crippen MR) is 99.7 cm³/mol. The lowest BCUT2D eigenvalue weighted by Gasteiger charge is -2.37. The zero-order valence-electron chi connectivity index (χ0n) is 14.7. The van der Waals surface area contributed by atoms with Crippen LogP contribution in [0, 0.1) is 5.92 Å². The molecule has 0 saturated carbocycles. The molecule has 0 aliphatic carbocycles. The minimum absolute atomic E-state index is 0.0369. The summed E-state index contributed by atoms with van der Waals surface area (Å²) in [5, 5.41) is 4.11. The van der Waals surface area contributed by atoms with Gasteiger partial charge in [0.2, 0.25) is 0 Å². The van der Waals surface area contributed by atoms with Crippen molar-refractivity contribution in [3.05, 3.63) is 40.4 Å². The van der Waals surface area contributed by atoms with Crippen molar-refractivity contribution in [3.63, 3.8) is 0 Å². The number of H-pyrrole nitrogens is 1. The predicted octanol–water partition coefficient (Wildman–Crippen LogP) is 1.04. The number of piperidine rings is 1. The molecular formula is C19H27N5O. The Morgan fingerprint density at radius 2 is 1.76 bits per heavy atom. The van der Waals surface area contributed by atoms with Crippen molar-refractivity contribution in [1.29, 1.82) is 0 Å². The number of nitrogens with zero attached hydrogens (tertiary/aromatic N) is 3. The molecule has 2 aliphatic heterocycles. The van der Waals surface area contributed by atoms with Crippen LogP contribution in [0.1, 0.15) is 18.7 Å². The summed E-state index contributed by atoms with van der Waals surface area (Å²) in [4.78, 5) is 24.8. The molecule has 3 heterocycles. The Balaban J connectivity index is 1.33. The summed E-state index contributed by atoms with van der Waals surface area (Å²) in [6.45, 7) is 8.62. The number of piperazine rings is 1. The van der Waals surface area contributed by atoms with E-state index < -0.39 is 0 Å².